The van der Waals surface area contributed by atoms with E-state index < -0.39 is 12.0 Å². The monoisotopic (exact) mass is 323 g/mol. The lowest BCUT2D eigenvalue weighted by Crippen LogP contribution is -2.47. The average molecular weight is 323 g/mol. The molecule has 2 aromatic carbocycles. The van der Waals surface area contributed by atoms with Gasteiger partial charge < -0.3 is 5.11 Å². The van der Waals surface area contributed by atoms with Crippen LogP contribution in [-0.4, -0.2) is 28.6 Å². The van der Waals surface area contributed by atoms with Gasteiger partial charge in [0.2, 0.25) is 0 Å². The van der Waals surface area contributed by atoms with Crippen LogP contribution in [-0.2, 0) is 4.79 Å². The molecule has 1 fully saturated rings. The second-order valence-corrected chi connectivity index (χ2v) is 6.70. The van der Waals surface area contributed by atoms with Gasteiger partial charge in [0.1, 0.15) is 6.04 Å². The molecule has 1 saturated heterocycles. The third-order valence-corrected chi connectivity index (χ3v) is 5.13. The number of nitrogens with zero attached hydrogens (tertiary/aromatic N) is 1. The zero-order valence-corrected chi connectivity index (χ0v) is 14.4. The molecule has 3 rings (SSSR count). The molecule has 0 saturated carbocycles. The first-order valence-electron chi connectivity index (χ1n) is 8.69. The van der Waals surface area contributed by atoms with Gasteiger partial charge in [-0.25, -0.2) is 0 Å². The number of carboxylic acids is 1. The van der Waals surface area contributed by atoms with Gasteiger partial charge in [-0.1, -0.05) is 55.0 Å². The molecule has 1 unspecified atom stereocenters. The van der Waals surface area contributed by atoms with Crippen molar-refractivity contribution < 1.29 is 9.90 Å². The molecule has 0 bridgehead atoms. The molecule has 2 aromatic rings. The zero-order chi connectivity index (χ0) is 17.1. The lowest BCUT2D eigenvalue weighted by Gasteiger charge is -2.40. The number of aryl methyl sites for hydroxylation is 2. The van der Waals surface area contributed by atoms with E-state index in [1.54, 1.807) is 0 Å². The minimum atomic E-state index is -0.707. The summed E-state index contributed by atoms with van der Waals surface area (Å²) in [6.07, 6.45) is 2.77. The third kappa shape index (κ3) is 3.22. The van der Waals surface area contributed by atoms with Gasteiger partial charge in [-0.05, 0) is 55.5 Å². The predicted octanol–water partition coefficient (Wildman–Crippen LogP) is 4.33. The number of rotatable bonds is 4. The molecule has 3 heteroatoms. The highest BCUT2D eigenvalue weighted by atomic mass is 16.4. The Balaban J connectivity index is 2.13. The Hall–Kier alpha value is -2.13. The molecule has 0 aromatic heterocycles. The Labute approximate surface area is 143 Å². The molecule has 0 spiro atoms. The van der Waals surface area contributed by atoms with Crippen LogP contribution >= 0.6 is 0 Å². The van der Waals surface area contributed by atoms with Gasteiger partial charge >= 0.3 is 5.97 Å². The fourth-order valence-electron chi connectivity index (χ4n) is 3.84. The minimum absolute atomic E-state index is 0.00574. The smallest absolute Gasteiger partial charge is 0.320 e. The van der Waals surface area contributed by atoms with Crippen molar-refractivity contribution >= 4 is 5.97 Å². The fourth-order valence-corrected chi connectivity index (χ4v) is 3.84. The Morgan fingerprint density at radius 3 is 2.04 bits per heavy atom. The molecule has 1 aliphatic heterocycles. The molecule has 0 aliphatic carbocycles. The standard InChI is InChI=1S/C21H25NO2/c1-15-9-3-5-11-17(15)20(18-12-6-4-10-16(18)2)22-14-8-7-13-19(22)21(23)24/h3-6,9-12,19-20H,7-8,13-14H2,1-2H3,(H,23,24). The highest BCUT2D eigenvalue weighted by Crippen LogP contribution is 2.36. The predicted molar refractivity (Wildman–Crippen MR) is 96.2 cm³/mol. The van der Waals surface area contributed by atoms with E-state index in [0.29, 0.717) is 0 Å². The molecule has 0 amide bonds. The molecule has 1 aliphatic rings. The lowest BCUT2D eigenvalue weighted by atomic mass is 9.88. The van der Waals surface area contributed by atoms with E-state index in [-0.39, 0.29) is 6.04 Å². The summed E-state index contributed by atoms with van der Waals surface area (Å²) in [7, 11) is 0. The number of piperidine rings is 1. The van der Waals surface area contributed by atoms with E-state index in [1.807, 2.05) is 24.3 Å². The Kier molecular flexibility index (Phi) is 5.00. The van der Waals surface area contributed by atoms with E-state index in [0.717, 1.165) is 25.8 Å². The molecule has 126 valence electrons. The molecule has 1 N–H and O–H groups in total. The van der Waals surface area contributed by atoms with E-state index >= 15 is 0 Å². The van der Waals surface area contributed by atoms with Crippen LogP contribution in [0.25, 0.3) is 0 Å². The maximum absolute atomic E-state index is 11.9. The van der Waals surface area contributed by atoms with Crippen LogP contribution in [0, 0.1) is 13.8 Å². The zero-order valence-electron chi connectivity index (χ0n) is 14.4. The summed E-state index contributed by atoms with van der Waals surface area (Å²) in [5.74, 6) is -0.707. The highest BCUT2D eigenvalue weighted by molar-refractivity contribution is 5.73. The maximum Gasteiger partial charge on any atom is 0.320 e. The maximum atomic E-state index is 11.9. The summed E-state index contributed by atoms with van der Waals surface area (Å²) < 4.78 is 0. The number of carboxylic acid groups (broad SMARTS) is 1. The average Bonchev–Trinajstić information content (AvgIpc) is 2.59. The van der Waals surface area contributed by atoms with Crippen LogP contribution in [0.2, 0.25) is 0 Å². The summed E-state index contributed by atoms with van der Waals surface area (Å²) in [5.41, 5.74) is 4.83. The molecule has 3 nitrogen and oxygen atoms in total. The van der Waals surface area contributed by atoms with Gasteiger partial charge in [0, 0.05) is 0 Å². The van der Waals surface area contributed by atoms with E-state index in [2.05, 4.69) is 43.0 Å². The van der Waals surface area contributed by atoms with E-state index in [4.69, 9.17) is 0 Å². The van der Waals surface area contributed by atoms with Crippen LogP contribution in [0.5, 0.6) is 0 Å². The topological polar surface area (TPSA) is 40.5 Å². The number of hydrogen-bond donors (Lipinski definition) is 1. The third-order valence-electron chi connectivity index (χ3n) is 5.13. The second kappa shape index (κ2) is 7.18. The summed E-state index contributed by atoms with van der Waals surface area (Å²) in [5, 5.41) is 9.75. The molecular formula is C21H25NO2. The molecule has 24 heavy (non-hydrogen) atoms. The normalized spacial score (nSPS) is 18.7. The van der Waals surface area contributed by atoms with Crippen molar-refractivity contribution in [2.45, 2.75) is 45.2 Å². The van der Waals surface area contributed by atoms with Crippen molar-refractivity contribution in [3.05, 3.63) is 70.8 Å². The van der Waals surface area contributed by atoms with Gasteiger partial charge in [0.05, 0.1) is 6.04 Å². The number of benzene rings is 2. The van der Waals surface area contributed by atoms with Gasteiger partial charge in [0.15, 0.2) is 0 Å². The quantitative estimate of drug-likeness (QED) is 0.910. The van der Waals surface area contributed by atoms with E-state index in [1.165, 1.54) is 22.3 Å². The van der Waals surface area contributed by atoms with E-state index in [9.17, 15) is 9.90 Å². The van der Waals surface area contributed by atoms with Crippen molar-refractivity contribution in [1.29, 1.82) is 0 Å². The number of aliphatic carboxylic acids is 1. The van der Waals surface area contributed by atoms with Gasteiger partial charge in [-0.15, -0.1) is 0 Å². The number of hydrogen-bond acceptors (Lipinski definition) is 2. The molecule has 1 heterocycles. The Morgan fingerprint density at radius 1 is 1.00 bits per heavy atom. The van der Waals surface area contributed by atoms with Gasteiger partial charge in [0.25, 0.3) is 0 Å². The van der Waals surface area contributed by atoms with Crippen LogP contribution in [0.15, 0.2) is 48.5 Å². The first-order chi connectivity index (χ1) is 11.6. The van der Waals surface area contributed by atoms with Crippen molar-refractivity contribution in [1.82, 2.24) is 4.90 Å². The molecule has 1 atom stereocenters. The molecular weight excluding hydrogens is 298 g/mol. The SMILES string of the molecule is Cc1ccccc1C(c1ccccc1C)N1CCCCC1C(=O)O. The summed E-state index contributed by atoms with van der Waals surface area (Å²) in [6.45, 7) is 5.05. The van der Waals surface area contributed by atoms with Gasteiger partial charge in [-0.3, -0.25) is 9.69 Å². The van der Waals surface area contributed by atoms with Crippen LogP contribution in [0.3, 0.4) is 0 Å². The first-order valence-corrected chi connectivity index (χ1v) is 8.69. The van der Waals surface area contributed by atoms with Crippen LogP contribution in [0.4, 0.5) is 0 Å². The summed E-state index contributed by atoms with van der Waals surface area (Å²) in [4.78, 5) is 14.1. The van der Waals surface area contributed by atoms with Crippen molar-refractivity contribution in [3.8, 4) is 0 Å². The highest BCUT2D eigenvalue weighted by Gasteiger charge is 2.35. The number of likely N-dealkylation sites (tertiary alicyclic amines) is 1. The lowest BCUT2D eigenvalue weighted by molar-refractivity contribution is -0.145. The second-order valence-electron chi connectivity index (χ2n) is 6.70. The Bertz CT molecular complexity index is 680. The van der Waals surface area contributed by atoms with Crippen molar-refractivity contribution in [2.24, 2.45) is 0 Å². The Morgan fingerprint density at radius 2 is 1.54 bits per heavy atom. The minimum Gasteiger partial charge on any atom is -0.480 e. The number of carbonyl (C=O) groups is 1. The van der Waals surface area contributed by atoms with Gasteiger partial charge in [-0.2, -0.15) is 0 Å². The van der Waals surface area contributed by atoms with Crippen molar-refractivity contribution in [2.75, 3.05) is 6.54 Å². The summed E-state index contributed by atoms with van der Waals surface area (Å²) >= 11 is 0. The first kappa shape index (κ1) is 16.7. The fraction of sp³-hybridized carbons (Fsp3) is 0.381. The summed E-state index contributed by atoms with van der Waals surface area (Å²) in [6, 6.07) is 16.3. The molecule has 0 radical (unpaired) electrons. The van der Waals surface area contributed by atoms with Crippen molar-refractivity contribution in [3.63, 3.8) is 0 Å². The largest absolute Gasteiger partial charge is 0.480 e. The van der Waals surface area contributed by atoms with Crippen LogP contribution < -0.4 is 0 Å². The van der Waals surface area contributed by atoms with Crippen LogP contribution in [0.1, 0.15) is 47.6 Å².